The molecule has 0 saturated carbocycles. The van der Waals surface area contributed by atoms with Gasteiger partial charge in [-0.05, 0) is 24.6 Å². The van der Waals surface area contributed by atoms with Gasteiger partial charge in [-0.1, -0.05) is 12.1 Å². The van der Waals surface area contributed by atoms with Gasteiger partial charge in [-0.2, -0.15) is 8.78 Å². The summed E-state index contributed by atoms with van der Waals surface area (Å²) in [6, 6.07) is 6.62. The number of ether oxygens (including phenoxy) is 1. The molecule has 0 aliphatic rings. The smallest absolute Gasteiger partial charge is 0.387 e. The van der Waals surface area contributed by atoms with Crippen molar-refractivity contribution in [3.63, 3.8) is 0 Å². The molecule has 0 saturated heterocycles. The summed E-state index contributed by atoms with van der Waals surface area (Å²) in [7, 11) is 0. The van der Waals surface area contributed by atoms with Crippen molar-refractivity contribution < 1.29 is 17.9 Å². The van der Waals surface area contributed by atoms with Crippen LogP contribution in [-0.2, 0) is 5.75 Å². The SMILES string of the molecule is Cc1nnc(CSC(C)c2ccc(OC(F)F)cc2)o1. The number of benzene rings is 1. The molecule has 4 nitrogen and oxygen atoms in total. The van der Waals surface area contributed by atoms with Gasteiger partial charge in [0.25, 0.3) is 0 Å². The number of nitrogens with zero attached hydrogens (tertiary/aromatic N) is 2. The van der Waals surface area contributed by atoms with E-state index in [1.807, 2.05) is 6.92 Å². The van der Waals surface area contributed by atoms with Crippen LogP contribution in [0.4, 0.5) is 8.78 Å². The summed E-state index contributed by atoms with van der Waals surface area (Å²) in [4.78, 5) is 0. The standard InChI is InChI=1S/C13H14F2N2O2S/c1-8(20-7-12-17-16-9(2)18-12)10-3-5-11(6-4-10)19-13(14)15/h3-6,8,13H,7H2,1-2H3. The lowest BCUT2D eigenvalue weighted by Crippen LogP contribution is -2.01. The van der Waals surface area contributed by atoms with Gasteiger partial charge < -0.3 is 9.15 Å². The Morgan fingerprint density at radius 3 is 2.50 bits per heavy atom. The maximum absolute atomic E-state index is 12.0. The number of halogens is 2. The van der Waals surface area contributed by atoms with E-state index in [1.165, 1.54) is 12.1 Å². The molecule has 1 unspecified atom stereocenters. The molecular weight excluding hydrogens is 286 g/mol. The molecule has 0 radical (unpaired) electrons. The second kappa shape index (κ2) is 6.69. The minimum atomic E-state index is -2.80. The molecule has 0 fully saturated rings. The first kappa shape index (κ1) is 14.8. The summed E-state index contributed by atoms with van der Waals surface area (Å²) < 4.78 is 33.7. The van der Waals surface area contributed by atoms with Gasteiger partial charge in [-0.15, -0.1) is 22.0 Å². The predicted octanol–water partition coefficient (Wildman–Crippen LogP) is 3.97. The van der Waals surface area contributed by atoms with E-state index in [0.29, 0.717) is 17.5 Å². The second-order valence-electron chi connectivity index (χ2n) is 4.12. The number of rotatable bonds is 6. The number of aromatic nitrogens is 2. The molecule has 2 rings (SSSR count). The lowest BCUT2D eigenvalue weighted by atomic mass is 10.2. The van der Waals surface area contributed by atoms with Crippen LogP contribution in [0, 0.1) is 6.92 Å². The van der Waals surface area contributed by atoms with Crippen molar-refractivity contribution in [2.24, 2.45) is 0 Å². The Kier molecular flexibility index (Phi) is 4.94. The molecular formula is C13H14F2N2O2S. The normalized spacial score (nSPS) is 12.7. The maximum atomic E-state index is 12.0. The minimum absolute atomic E-state index is 0.161. The van der Waals surface area contributed by atoms with Crippen molar-refractivity contribution in [1.29, 1.82) is 0 Å². The highest BCUT2D eigenvalue weighted by atomic mass is 32.2. The Morgan fingerprint density at radius 2 is 1.95 bits per heavy atom. The predicted molar refractivity (Wildman–Crippen MR) is 71.8 cm³/mol. The van der Waals surface area contributed by atoms with Crippen molar-refractivity contribution in [3.8, 4) is 5.75 Å². The van der Waals surface area contributed by atoms with Gasteiger partial charge in [0.2, 0.25) is 11.8 Å². The van der Waals surface area contributed by atoms with Crippen LogP contribution in [0.2, 0.25) is 0 Å². The molecule has 1 aromatic heterocycles. The van der Waals surface area contributed by atoms with Crippen LogP contribution in [-0.4, -0.2) is 16.8 Å². The molecule has 0 aliphatic carbocycles. The minimum Gasteiger partial charge on any atom is -0.435 e. The molecule has 0 N–H and O–H groups in total. The first-order chi connectivity index (χ1) is 9.54. The van der Waals surface area contributed by atoms with E-state index in [2.05, 4.69) is 14.9 Å². The number of alkyl halides is 2. The summed E-state index contributed by atoms with van der Waals surface area (Å²) in [6.07, 6.45) is 0. The third-order valence-electron chi connectivity index (χ3n) is 2.60. The van der Waals surface area contributed by atoms with Crippen LogP contribution < -0.4 is 4.74 Å². The third-order valence-corrected chi connectivity index (χ3v) is 3.79. The highest BCUT2D eigenvalue weighted by Crippen LogP contribution is 2.31. The summed E-state index contributed by atoms with van der Waals surface area (Å²) in [6.45, 7) is 0.969. The molecule has 20 heavy (non-hydrogen) atoms. The molecule has 7 heteroatoms. The van der Waals surface area contributed by atoms with E-state index in [0.717, 1.165) is 5.56 Å². The van der Waals surface area contributed by atoms with E-state index >= 15 is 0 Å². The van der Waals surface area contributed by atoms with Crippen molar-refractivity contribution in [2.45, 2.75) is 31.5 Å². The van der Waals surface area contributed by atoms with E-state index < -0.39 is 6.61 Å². The summed E-state index contributed by atoms with van der Waals surface area (Å²) in [5.41, 5.74) is 1.02. The van der Waals surface area contributed by atoms with Crippen LogP contribution in [0.25, 0.3) is 0 Å². The molecule has 0 spiro atoms. The van der Waals surface area contributed by atoms with Gasteiger partial charge in [0, 0.05) is 12.2 Å². The topological polar surface area (TPSA) is 48.2 Å². The van der Waals surface area contributed by atoms with Crippen LogP contribution in [0.1, 0.15) is 29.5 Å². The Morgan fingerprint density at radius 1 is 1.25 bits per heavy atom. The fraction of sp³-hybridized carbons (Fsp3) is 0.385. The molecule has 0 amide bonds. The molecule has 1 atom stereocenters. The fourth-order valence-electron chi connectivity index (χ4n) is 1.61. The van der Waals surface area contributed by atoms with Crippen molar-refractivity contribution in [3.05, 3.63) is 41.6 Å². The first-order valence-electron chi connectivity index (χ1n) is 6.00. The van der Waals surface area contributed by atoms with Crippen LogP contribution in [0.3, 0.4) is 0 Å². The maximum Gasteiger partial charge on any atom is 0.387 e. The molecule has 0 aliphatic heterocycles. The van der Waals surface area contributed by atoms with Crippen molar-refractivity contribution in [1.82, 2.24) is 10.2 Å². The van der Waals surface area contributed by atoms with E-state index in [4.69, 9.17) is 4.42 Å². The summed E-state index contributed by atoms with van der Waals surface area (Å²) in [5.74, 6) is 1.89. The Hall–Kier alpha value is -1.63. The quantitative estimate of drug-likeness (QED) is 0.807. The van der Waals surface area contributed by atoms with E-state index in [1.54, 1.807) is 30.8 Å². The number of aryl methyl sites for hydroxylation is 1. The average molecular weight is 300 g/mol. The van der Waals surface area contributed by atoms with Crippen LogP contribution in [0.15, 0.2) is 28.7 Å². The third kappa shape index (κ3) is 4.19. The Bertz CT molecular complexity index is 546. The Balaban J connectivity index is 1.90. The zero-order valence-electron chi connectivity index (χ0n) is 11.0. The largest absolute Gasteiger partial charge is 0.435 e. The van der Waals surface area contributed by atoms with Gasteiger partial charge in [0.1, 0.15) is 5.75 Å². The second-order valence-corrected chi connectivity index (χ2v) is 5.44. The van der Waals surface area contributed by atoms with Gasteiger partial charge in [0.15, 0.2) is 0 Å². The zero-order valence-corrected chi connectivity index (χ0v) is 11.9. The Labute approximate surface area is 119 Å². The lowest BCUT2D eigenvalue weighted by molar-refractivity contribution is -0.0498. The van der Waals surface area contributed by atoms with Gasteiger partial charge >= 0.3 is 6.61 Å². The van der Waals surface area contributed by atoms with E-state index in [-0.39, 0.29) is 11.0 Å². The first-order valence-corrected chi connectivity index (χ1v) is 7.05. The lowest BCUT2D eigenvalue weighted by Gasteiger charge is -2.11. The zero-order chi connectivity index (χ0) is 14.5. The molecule has 108 valence electrons. The number of thioether (sulfide) groups is 1. The average Bonchev–Trinajstić information content (AvgIpc) is 2.82. The summed E-state index contributed by atoms with van der Waals surface area (Å²) >= 11 is 1.63. The number of hydrogen-bond donors (Lipinski definition) is 0. The summed E-state index contributed by atoms with van der Waals surface area (Å²) in [5, 5.41) is 7.86. The fourth-order valence-corrected chi connectivity index (χ4v) is 2.47. The highest BCUT2D eigenvalue weighted by Gasteiger charge is 2.10. The van der Waals surface area contributed by atoms with Crippen LogP contribution >= 0.6 is 11.8 Å². The molecule has 1 heterocycles. The van der Waals surface area contributed by atoms with Crippen molar-refractivity contribution >= 4 is 11.8 Å². The van der Waals surface area contributed by atoms with Gasteiger partial charge in [0.05, 0.1) is 5.75 Å². The molecule has 0 bridgehead atoms. The van der Waals surface area contributed by atoms with E-state index in [9.17, 15) is 8.78 Å². The van der Waals surface area contributed by atoms with Gasteiger partial charge in [-0.3, -0.25) is 0 Å². The highest BCUT2D eigenvalue weighted by molar-refractivity contribution is 7.98. The molecule has 1 aromatic carbocycles. The molecule has 2 aromatic rings. The van der Waals surface area contributed by atoms with Gasteiger partial charge in [-0.25, -0.2) is 0 Å². The van der Waals surface area contributed by atoms with Crippen molar-refractivity contribution in [2.75, 3.05) is 0 Å². The van der Waals surface area contributed by atoms with Crippen LogP contribution in [0.5, 0.6) is 5.75 Å². The monoisotopic (exact) mass is 300 g/mol. The number of hydrogen-bond acceptors (Lipinski definition) is 5.